The van der Waals surface area contributed by atoms with Gasteiger partial charge in [0, 0.05) is 0 Å². The number of hydrogen-bond donors (Lipinski definition) is 0. The normalized spacial score (nSPS) is 13.3. The van der Waals surface area contributed by atoms with E-state index in [9.17, 15) is 36.0 Å². The SMILES string of the molecule is Cc1ccc(S(=O)(=O)OC[C@@H](OC(=O)c2ccccc2)[C@H](OC(=O)c2ccccc2)[C@H](OC(=O)c2ccccc2)[C@@H](COS(=O)(=O)c2ccccc2)OC(=O)c2ccccc2)cc1. The summed E-state index contributed by atoms with van der Waals surface area (Å²) in [7, 11) is -9.27. The standard InChI is InChI=1S/C47H40O14S2/c1-33-27-29-39(30-28-33)63(54,55)57-32-41(59-45(49)35-19-9-3-10-20-35)43(61-47(51)37-23-13-5-14-24-37)42(60-46(50)36-21-11-4-12-22-36)40(58-44(48)34-17-7-2-8-18-34)31-56-62(52,53)38-25-15-6-16-26-38/h2-30,40-43H,31-32H2,1H3/t40-,41-,42-,43+/m1/s1. The van der Waals surface area contributed by atoms with Crippen LogP contribution in [0.4, 0.5) is 0 Å². The van der Waals surface area contributed by atoms with Gasteiger partial charge < -0.3 is 18.9 Å². The number of carbonyl (C=O) groups is 4. The average molecular weight is 893 g/mol. The Labute approximate surface area is 364 Å². The smallest absolute Gasteiger partial charge is 0.338 e. The van der Waals surface area contributed by atoms with Crippen molar-refractivity contribution in [1.29, 1.82) is 0 Å². The number of ether oxygens (including phenoxy) is 4. The number of esters is 4. The maximum Gasteiger partial charge on any atom is 0.338 e. The van der Waals surface area contributed by atoms with Gasteiger partial charge in [-0.2, -0.15) is 16.8 Å². The molecule has 63 heavy (non-hydrogen) atoms. The largest absolute Gasteiger partial charge is 0.452 e. The molecule has 0 saturated carbocycles. The minimum Gasteiger partial charge on any atom is -0.452 e. The quantitative estimate of drug-likeness (QED) is 0.0458. The van der Waals surface area contributed by atoms with Crippen molar-refractivity contribution in [3.05, 3.63) is 204 Å². The summed E-state index contributed by atoms with van der Waals surface area (Å²) in [6, 6.07) is 42.5. The molecule has 6 aromatic rings. The molecule has 6 aromatic carbocycles. The molecule has 0 fully saturated rings. The van der Waals surface area contributed by atoms with Crippen molar-refractivity contribution < 1.29 is 63.3 Å². The molecule has 324 valence electrons. The van der Waals surface area contributed by atoms with E-state index >= 15 is 0 Å². The molecular formula is C47H40O14S2. The highest BCUT2D eigenvalue weighted by molar-refractivity contribution is 7.87. The Hall–Kier alpha value is -6.98. The molecule has 0 unspecified atom stereocenters. The third-order valence-electron chi connectivity index (χ3n) is 9.21. The number of hydrogen-bond acceptors (Lipinski definition) is 14. The van der Waals surface area contributed by atoms with Crippen LogP contribution < -0.4 is 0 Å². The van der Waals surface area contributed by atoms with Crippen LogP contribution in [0.5, 0.6) is 0 Å². The Kier molecular flexibility index (Phi) is 15.3. The van der Waals surface area contributed by atoms with Gasteiger partial charge in [0.15, 0.2) is 24.4 Å². The molecule has 0 radical (unpaired) electrons. The van der Waals surface area contributed by atoms with Crippen molar-refractivity contribution in [2.75, 3.05) is 13.2 Å². The summed E-state index contributed by atoms with van der Waals surface area (Å²) in [5.74, 6) is -4.33. The zero-order valence-corrected chi connectivity index (χ0v) is 35.1. The minimum atomic E-state index is -4.64. The number of benzene rings is 6. The van der Waals surface area contributed by atoms with Crippen LogP contribution in [0, 0.1) is 6.92 Å². The van der Waals surface area contributed by atoms with Crippen LogP contribution in [0.1, 0.15) is 47.0 Å². The van der Waals surface area contributed by atoms with Crippen LogP contribution in [-0.4, -0.2) is 78.3 Å². The van der Waals surface area contributed by atoms with E-state index in [1.54, 1.807) is 37.3 Å². The van der Waals surface area contributed by atoms with E-state index in [1.165, 1.54) is 146 Å². The second kappa shape index (κ2) is 21.2. The molecule has 4 atom stereocenters. The summed E-state index contributed by atoms with van der Waals surface area (Å²) in [4.78, 5) is 55.4. The maximum absolute atomic E-state index is 14.1. The van der Waals surface area contributed by atoms with Crippen molar-refractivity contribution in [2.45, 2.75) is 41.1 Å². The Bertz CT molecular complexity index is 2680. The van der Waals surface area contributed by atoms with E-state index in [-0.39, 0.29) is 32.0 Å². The summed E-state index contributed by atoms with van der Waals surface area (Å²) >= 11 is 0. The highest BCUT2D eigenvalue weighted by Crippen LogP contribution is 2.26. The molecule has 0 aliphatic rings. The lowest BCUT2D eigenvalue weighted by Gasteiger charge is -2.35. The van der Waals surface area contributed by atoms with Gasteiger partial charge in [0.1, 0.15) is 13.2 Å². The summed E-state index contributed by atoms with van der Waals surface area (Å²) in [5.41, 5.74) is 0.570. The minimum absolute atomic E-state index is 0.0285. The first kappa shape index (κ1) is 45.5. The van der Waals surface area contributed by atoms with Gasteiger partial charge in [-0.3, -0.25) is 8.37 Å². The third kappa shape index (κ3) is 12.5. The van der Waals surface area contributed by atoms with Gasteiger partial charge in [0.2, 0.25) is 0 Å². The van der Waals surface area contributed by atoms with Crippen LogP contribution in [0.15, 0.2) is 186 Å². The Morgan fingerprint density at radius 3 is 0.968 bits per heavy atom. The van der Waals surface area contributed by atoms with E-state index in [1.807, 2.05) is 0 Å². The molecule has 0 heterocycles. The lowest BCUT2D eigenvalue weighted by atomic mass is 10.0. The fourth-order valence-electron chi connectivity index (χ4n) is 5.93. The molecule has 6 rings (SSSR count). The average Bonchev–Trinajstić information content (AvgIpc) is 3.31. The summed E-state index contributed by atoms with van der Waals surface area (Å²) in [6.45, 7) is -0.415. The second-order valence-corrected chi connectivity index (χ2v) is 16.9. The zero-order valence-electron chi connectivity index (χ0n) is 33.5. The predicted molar refractivity (Wildman–Crippen MR) is 226 cm³/mol. The van der Waals surface area contributed by atoms with Crippen molar-refractivity contribution in [2.24, 2.45) is 0 Å². The molecule has 0 aliphatic heterocycles. The van der Waals surface area contributed by atoms with Crippen molar-refractivity contribution in [1.82, 2.24) is 0 Å². The fraction of sp³-hybridized carbons (Fsp3) is 0.149. The number of rotatable bonds is 19. The molecule has 14 nitrogen and oxygen atoms in total. The van der Waals surface area contributed by atoms with E-state index < -0.39 is 81.7 Å². The molecule has 0 N–H and O–H groups in total. The van der Waals surface area contributed by atoms with Gasteiger partial charge in [-0.15, -0.1) is 0 Å². The van der Waals surface area contributed by atoms with Crippen LogP contribution in [0.3, 0.4) is 0 Å². The maximum atomic E-state index is 14.1. The van der Waals surface area contributed by atoms with Crippen LogP contribution in [0.2, 0.25) is 0 Å². The summed E-state index contributed by atoms with van der Waals surface area (Å²) in [5, 5.41) is 0. The molecule has 0 bridgehead atoms. The van der Waals surface area contributed by atoms with Crippen LogP contribution in [0.25, 0.3) is 0 Å². The highest BCUT2D eigenvalue weighted by Gasteiger charge is 2.46. The van der Waals surface area contributed by atoms with Crippen molar-refractivity contribution >= 4 is 44.1 Å². The van der Waals surface area contributed by atoms with E-state index in [0.29, 0.717) is 0 Å². The lowest BCUT2D eigenvalue weighted by molar-refractivity contribution is -0.133. The Morgan fingerprint density at radius 1 is 0.381 bits per heavy atom. The molecule has 16 heteroatoms. The molecule has 0 saturated heterocycles. The number of aryl methyl sites for hydroxylation is 1. The van der Waals surface area contributed by atoms with Gasteiger partial charge in [-0.1, -0.05) is 109 Å². The monoisotopic (exact) mass is 892 g/mol. The highest BCUT2D eigenvalue weighted by atomic mass is 32.2. The van der Waals surface area contributed by atoms with Gasteiger partial charge in [0.05, 0.1) is 32.0 Å². The van der Waals surface area contributed by atoms with Crippen molar-refractivity contribution in [3.63, 3.8) is 0 Å². The summed E-state index contributed by atoms with van der Waals surface area (Å²) in [6.07, 6.45) is -8.29. The van der Waals surface area contributed by atoms with E-state index in [2.05, 4.69) is 0 Å². The first-order valence-electron chi connectivity index (χ1n) is 19.3. The molecule has 0 aromatic heterocycles. The van der Waals surface area contributed by atoms with Crippen LogP contribution >= 0.6 is 0 Å². The lowest BCUT2D eigenvalue weighted by Crippen LogP contribution is -2.54. The topological polar surface area (TPSA) is 192 Å². The van der Waals surface area contributed by atoms with Gasteiger partial charge >= 0.3 is 23.9 Å². The van der Waals surface area contributed by atoms with Crippen molar-refractivity contribution in [3.8, 4) is 0 Å². The number of carbonyl (C=O) groups excluding carboxylic acids is 4. The summed E-state index contributed by atoms with van der Waals surface area (Å²) < 4.78 is 89.4. The van der Waals surface area contributed by atoms with Crippen LogP contribution in [-0.2, 0) is 47.5 Å². The second-order valence-electron chi connectivity index (χ2n) is 13.7. The molecular weight excluding hydrogens is 853 g/mol. The Balaban J connectivity index is 1.52. The van der Waals surface area contributed by atoms with Gasteiger partial charge in [-0.25, -0.2) is 19.2 Å². The third-order valence-corrected chi connectivity index (χ3v) is 11.8. The first-order chi connectivity index (χ1) is 30.3. The van der Waals surface area contributed by atoms with Gasteiger partial charge in [0.25, 0.3) is 20.2 Å². The predicted octanol–water partition coefficient (Wildman–Crippen LogP) is 7.01. The van der Waals surface area contributed by atoms with Gasteiger partial charge in [-0.05, 0) is 79.7 Å². The Morgan fingerprint density at radius 2 is 0.651 bits per heavy atom. The zero-order chi connectivity index (χ0) is 44.8. The fourth-order valence-corrected chi connectivity index (χ4v) is 7.79. The molecule has 0 amide bonds. The van der Waals surface area contributed by atoms with E-state index in [4.69, 9.17) is 27.3 Å². The molecule has 0 aliphatic carbocycles. The van der Waals surface area contributed by atoms with E-state index in [0.717, 1.165) is 5.56 Å². The molecule has 0 spiro atoms. The first-order valence-corrected chi connectivity index (χ1v) is 22.1.